The summed E-state index contributed by atoms with van der Waals surface area (Å²) in [6.07, 6.45) is 0.213. The van der Waals surface area contributed by atoms with Crippen LogP contribution in [0.3, 0.4) is 0 Å². The Bertz CT molecular complexity index is 386. The van der Waals surface area contributed by atoms with Gasteiger partial charge in [0.2, 0.25) is 0 Å². The van der Waals surface area contributed by atoms with Gasteiger partial charge in [-0.1, -0.05) is 0 Å². The van der Waals surface area contributed by atoms with Crippen molar-refractivity contribution in [3.8, 4) is 17.2 Å². The molecule has 0 aromatic heterocycles. The summed E-state index contributed by atoms with van der Waals surface area (Å²) >= 11 is 0. The van der Waals surface area contributed by atoms with Crippen molar-refractivity contribution in [3.63, 3.8) is 0 Å². The Hall–Kier alpha value is -1.91. The van der Waals surface area contributed by atoms with Gasteiger partial charge in [0.1, 0.15) is 5.75 Å². The third kappa shape index (κ3) is 2.79. The molecule has 0 amide bonds. The van der Waals surface area contributed by atoms with Crippen molar-refractivity contribution in [2.45, 2.75) is 12.8 Å². The number of benzene rings is 1. The van der Waals surface area contributed by atoms with Crippen LogP contribution in [-0.2, 0) is 11.2 Å². The normalized spacial score (nSPS) is 9.88. The molecule has 88 valence electrons. The summed E-state index contributed by atoms with van der Waals surface area (Å²) in [5.41, 5.74) is 0.528. The molecule has 0 spiro atoms. The first-order valence-corrected chi connectivity index (χ1v) is 4.74. The number of hydrogen-bond acceptors (Lipinski definition) is 4. The van der Waals surface area contributed by atoms with E-state index in [1.54, 1.807) is 6.07 Å². The summed E-state index contributed by atoms with van der Waals surface area (Å²) in [6.45, 7) is 0. The lowest BCUT2D eigenvalue weighted by atomic mass is 10.1. The smallest absolute Gasteiger partial charge is 0.303 e. The molecule has 16 heavy (non-hydrogen) atoms. The van der Waals surface area contributed by atoms with Gasteiger partial charge < -0.3 is 19.7 Å². The fraction of sp³-hybridized carbons (Fsp3) is 0.364. The maximum absolute atomic E-state index is 10.4. The highest BCUT2D eigenvalue weighted by molar-refractivity contribution is 5.67. The van der Waals surface area contributed by atoms with Gasteiger partial charge in [0.05, 0.1) is 14.2 Å². The molecule has 0 atom stereocenters. The number of aryl methyl sites for hydroxylation is 1. The van der Waals surface area contributed by atoms with E-state index >= 15 is 0 Å². The fourth-order valence-corrected chi connectivity index (χ4v) is 1.35. The van der Waals surface area contributed by atoms with Crippen LogP contribution in [0.2, 0.25) is 0 Å². The molecule has 0 heterocycles. The predicted molar refractivity (Wildman–Crippen MR) is 57.2 cm³/mol. The number of phenols is 1. The highest BCUT2D eigenvalue weighted by atomic mass is 16.5. The second-order valence-corrected chi connectivity index (χ2v) is 3.23. The second kappa shape index (κ2) is 5.25. The zero-order valence-electron chi connectivity index (χ0n) is 9.19. The first-order chi connectivity index (χ1) is 7.58. The van der Waals surface area contributed by atoms with Gasteiger partial charge in [-0.15, -0.1) is 0 Å². The number of ether oxygens (including phenoxy) is 2. The van der Waals surface area contributed by atoms with Crippen LogP contribution in [0.1, 0.15) is 12.0 Å². The number of phenolic OH excluding ortho intramolecular Hbond substituents is 1. The number of aliphatic carboxylic acids is 1. The molecule has 0 aliphatic rings. The molecule has 2 N–H and O–H groups in total. The lowest BCUT2D eigenvalue weighted by Gasteiger charge is -2.11. The van der Waals surface area contributed by atoms with Gasteiger partial charge in [0, 0.05) is 12.5 Å². The first kappa shape index (κ1) is 12.2. The molecule has 0 fully saturated rings. The van der Waals surface area contributed by atoms with Crippen LogP contribution >= 0.6 is 0 Å². The quantitative estimate of drug-likeness (QED) is 0.794. The number of rotatable bonds is 5. The van der Waals surface area contributed by atoms with Crippen LogP contribution in [0, 0.1) is 0 Å². The summed E-state index contributed by atoms with van der Waals surface area (Å²) in [5.74, 6) is -0.00662. The number of carboxylic acid groups (broad SMARTS) is 1. The third-order valence-corrected chi connectivity index (χ3v) is 2.19. The Kier molecular flexibility index (Phi) is 3.99. The minimum Gasteiger partial charge on any atom is -0.508 e. The van der Waals surface area contributed by atoms with Gasteiger partial charge in [0.25, 0.3) is 0 Å². The molecule has 0 saturated carbocycles. The Morgan fingerprint density at radius 3 is 2.31 bits per heavy atom. The van der Waals surface area contributed by atoms with Crippen LogP contribution in [0.4, 0.5) is 0 Å². The van der Waals surface area contributed by atoms with Crippen molar-refractivity contribution in [2.75, 3.05) is 14.2 Å². The molecule has 1 aromatic carbocycles. The van der Waals surface area contributed by atoms with E-state index in [4.69, 9.17) is 14.6 Å². The number of carboxylic acids is 1. The van der Waals surface area contributed by atoms with Crippen molar-refractivity contribution >= 4 is 5.97 Å². The minimum absolute atomic E-state index is 0.0129. The van der Waals surface area contributed by atoms with E-state index in [0.29, 0.717) is 17.1 Å². The highest BCUT2D eigenvalue weighted by Crippen LogP contribution is 2.34. The monoisotopic (exact) mass is 226 g/mol. The van der Waals surface area contributed by atoms with E-state index in [-0.39, 0.29) is 18.6 Å². The second-order valence-electron chi connectivity index (χ2n) is 3.23. The summed E-state index contributed by atoms with van der Waals surface area (Å²) in [7, 11) is 2.95. The lowest BCUT2D eigenvalue weighted by Crippen LogP contribution is -1.99. The molecule has 0 radical (unpaired) electrons. The SMILES string of the molecule is COc1cc(O)c(CCC(=O)O)cc1OC. The Morgan fingerprint density at radius 2 is 1.81 bits per heavy atom. The minimum atomic E-state index is -0.908. The Balaban J connectivity index is 2.96. The standard InChI is InChI=1S/C11H14O5/c1-15-9-5-7(3-4-11(13)14)8(12)6-10(9)16-2/h5-6,12H,3-4H2,1-2H3,(H,13,14). The first-order valence-electron chi connectivity index (χ1n) is 4.74. The summed E-state index contributed by atoms with van der Waals surface area (Å²) in [4.78, 5) is 10.4. The summed E-state index contributed by atoms with van der Waals surface area (Å²) < 4.78 is 10.1. The van der Waals surface area contributed by atoms with Crippen LogP contribution in [0.15, 0.2) is 12.1 Å². The van der Waals surface area contributed by atoms with Crippen molar-refractivity contribution in [2.24, 2.45) is 0 Å². The van der Waals surface area contributed by atoms with Gasteiger partial charge in [-0.2, -0.15) is 0 Å². The van der Waals surface area contributed by atoms with E-state index in [1.807, 2.05) is 0 Å². The Labute approximate surface area is 93.2 Å². The molecule has 5 heteroatoms. The number of hydrogen-bond donors (Lipinski definition) is 2. The van der Waals surface area contributed by atoms with E-state index in [1.165, 1.54) is 20.3 Å². The molecule has 0 bridgehead atoms. The predicted octanol–water partition coefficient (Wildman–Crippen LogP) is 1.43. The van der Waals surface area contributed by atoms with E-state index in [2.05, 4.69) is 0 Å². The molecule has 0 aliphatic carbocycles. The maximum atomic E-state index is 10.4. The molecule has 1 aromatic rings. The van der Waals surface area contributed by atoms with E-state index in [9.17, 15) is 9.90 Å². The maximum Gasteiger partial charge on any atom is 0.303 e. The molecular weight excluding hydrogens is 212 g/mol. The topological polar surface area (TPSA) is 76.0 Å². The number of carbonyl (C=O) groups is 1. The Morgan fingerprint density at radius 1 is 1.25 bits per heavy atom. The largest absolute Gasteiger partial charge is 0.508 e. The molecule has 0 saturated heterocycles. The molecule has 0 unspecified atom stereocenters. The molecule has 0 aliphatic heterocycles. The lowest BCUT2D eigenvalue weighted by molar-refractivity contribution is -0.136. The van der Waals surface area contributed by atoms with Crippen molar-refractivity contribution in [1.82, 2.24) is 0 Å². The van der Waals surface area contributed by atoms with E-state index in [0.717, 1.165) is 0 Å². The molecule has 5 nitrogen and oxygen atoms in total. The van der Waals surface area contributed by atoms with Crippen LogP contribution in [0.25, 0.3) is 0 Å². The third-order valence-electron chi connectivity index (χ3n) is 2.19. The van der Waals surface area contributed by atoms with Crippen LogP contribution in [0.5, 0.6) is 17.2 Å². The number of methoxy groups -OCH3 is 2. The summed E-state index contributed by atoms with van der Waals surface area (Å²) in [5, 5.41) is 18.2. The van der Waals surface area contributed by atoms with Gasteiger partial charge in [-0.05, 0) is 18.1 Å². The number of aromatic hydroxyl groups is 1. The van der Waals surface area contributed by atoms with Crippen molar-refractivity contribution in [3.05, 3.63) is 17.7 Å². The van der Waals surface area contributed by atoms with Crippen LogP contribution < -0.4 is 9.47 Å². The van der Waals surface area contributed by atoms with Crippen LogP contribution in [-0.4, -0.2) is 30.4 Å². The molecule has 1 rings (SSSR count). The summed E-state index contributed by atoms with van der Waals surface area (Å²) in [6, 6.07) is 2.99. The molecular formula is C11H14O5. The van der Waals surface area contributed by atoms with Gasteiger partial charge in [-0.3, -0.25) is 4.79 Å². The van der Waals surface area contributed by atoms with Gasteiger partial charge in [0.15, 0.2) is 11.5 Å². The van der Waals surface area contributed by atoms with Crippen molar-refractivity contribution < 1.29 is 24.5 Å². The van der Waals surface area contributed by atoms with Gasteiger partial charge >= 0.3 is 5.97 Å². The van der Waals surface area contributed by atoms with E-state index < -0.39 is 5.97 Å². The van der Waals surface area contributed by atoms with Gasteiger partial charge in [-0.25, -0.2) is 0 Å². The average Bonchev–Trinajstić information content (AvgIpc) is 2.26. The average molecular weight is 226 g/mol. The fourth-order valence-electron chi connectivity index (χ4n) is 1.35. The van der Waals surface area contributed by atoms with Crippen molar-refractivity contribution in [1.29, 1.82) is 0 Å². The highest BCUT2D eigenvalue weighted by Gasteiger charge is 2.11. The zero-order valence-corrected chi connectivity index (χ0v) is 9.19. The zero-order chi connectivity index (χ0) is 12.1.